The van der Waals surface area contributed by atoms with Gasteiger partial charge < -0.3 is 10.0 Å². The maximum Gasteiger partial charge on any atom is 0.307 e. The molecule has 1 N–H and O–H groups in total. The van der Waals surface area contributed by atoms with Gasteiger partial charge in [-0.25, -0.2) is 0 Å². The van der Waals surface area contributed by atoms with E-state index < -0.39 is 5.97 Å². The topological polar surface area (TPSA) is 40.5 Å². The first-order chi connectivity index (χ1) is 6.20. The average Bonchev–Trinajstić information content (AvgIpc) is 2.32. The molecule has 3 nitrogen and oxygen atoms in total. The first-order valence-corrected chi connectivity index (χ1v) is 6.88. The van der Waals surface area contributed by atoms with E-state index in [1.165, 1.54) is 0 Å². The Morgan fingerprint density at radius 3 is 2.46 bits per heavy atom. The Morgan fingerprint density at radius 2 is 2.00 bits per heavy atom. The molecule has 1 heterocycles. The fourth-order valence-corrected chi connectivity index (χ4v) is 3.27. The number of carboxylic acids is 1. The van der Waals surface area contributed by atoms with Crippen molar-refractivity contribution < 1.29 is 9.90 Å². The highest BCUT2D eigenvalue weighted by atomic mass is 33.1. The molecule has 0 aromatic heterocycles. The van der Waals surface area contributed by atoms with Crippen LogP contribution in [0.15, 0.2) is 0 Å². The Bertz CT molecular complexity index is 170. The summed E-state index contributed by atoms with van der Waals surface area (Å²) in [6.07, 6.45) is 0. The van der Waals surface area contributed by atoms with Crippen LogP contribution < -0.4 is 0 Å². The number of aliphatic carboxylic acids is 1. The molecule has 1 aliphatic rings. The molecule has 5 heteroatoms. The molecule has 0 saturated carbocycles. The van der Waals surface area contributed by atoms with E-state index in [1.54, 1.807) is 6.92 Å². The number of carbonyl (C=O) groups is 1. The van der Waals surface area contributed by atoms with Crippen molar-refractivity contribution in [3.63, 3.8) is 0 Å². The first-order valence-electron chi connectivity index (χ1n) is 4.39. The molecule has 1 unspecified atom stereocenters. The zero-order valence-electron chi connectivity index (χ0n) is 7.73. The minimum absolute atomic E-state index is 0.243. The summed E-state index contributed by atoms with van der Waals surface area (Å²) in [5, 5.41) is 8.75. The Labute approximate surface area is 86.6 Å². The van der Waals surface area contributed by atoms with Crippen molar-refractivity contribution in [3.8, 4) is 0 Å². The van der Waals surface area contributed by atoms with Gasteiger partial charge in [-0.05, 0) is 0 Å². The predicted molar refractivity (Wildman–Crippen MR) is 58.2 cm³/mol. The van der Waals surface area contributed by atoms with E-state index in [0.29, 0.717) is 6.54 Å². The van der Waals surface area contributed by atoms with Crippen molar-refractivity contribution in [1.82, 2.24) is 4.90 Å². The van der Waals surface area contributed by atoms with Crippen LogP contribution in [0.1, 0.15) is 6.92 Å². The predicted octanol–water partition coefficient (Wildman–Crippen LogP) is 1.40. The lowest BCUT2D eigenvalue weighted by atomic mass is 10.2. The maximum atomic E-state index is 10.6. The van der Waals surface area contributed by atoms with Gasteiger partial charge in [0.1, 0.15) is 0 Å². The maximum absolute atomic E-state index is 10.6. The SMILES string of the molecule is CC(CN1CCSSCC1)C(=O)O. The Morgan fingerprint density at radius 1 is 1.46 bits per heavy atom. The summed E-state index contributed by atoms with van der Waals surface area (Å²) in [7, 11) is 3.77. The van der Waals surface area contributed by atoms with E-state index in [2.05, 4.69) is 4.90 Å². The van der Waals surface area contributed by atoms with Crippen molar-refractivity contribution >= 4 is 27.6 Å². The van der Waals surface area contributed by atoms with E-state index in [4.69, 9.17) is 5.11 Å². The Balaban J connectivity index is 2.29. The molecule has 0 aromatic rings. The second kappa shape index (κ2) is 5.78. The molecule has 0 aliphatic carbocycles. The van der Waals surface area contributed by atoms with E-state index >= 15 is 0 Å². The van der Waals surface area contributed by atoms with Crippen molar-refractivity contribution in [2.75, 3.05) is 31.1 Å². The van der Waals surface area contributed by atoms with Crippen molar-refractivity contribution in [2.24, 2.45) is 5.92 Å². The van der Waals surface area contributed by atoms with Crippen LogP contribution in [-0.2, 0) is 4.79 Å². The molecule has 0 aromatic carbocycles. The summed E-state index contributed by atoms with van der Waals surface area (Å²) in [6.45, 7) is 4.51. The molecular weight excluding hydrogens is 206 g/mol. The van der Waals surface area contributed by atoms with E-state index in [-0.39, 0.29) is 5.92 Å². The van der Waals surface area contributed by atoms with Gasteiger partial charge >= 0.3 is 5.97 Å². The molecular formula is C8H15NO2S2. The van der Waals surface area contributed by atoms with Crippen LogP contribution in [0.4, 0.5) is 0 Å². The van der Waals surface area contributed by atoms with Gasteiger partial charge in [-0.15, -0.1) is 0 Å². The Kier molecular flexibility index (Phi) is 4.98. The third kappa shape index (κ3) is 4.24. The van der Waals surface area contributed by atoms with Crippen LogP contribution in [0.25, 0.3) is 0 Å². The normalized spacial score (nSPS) is 22.2. The molecule has 76 valence electrons. The summed E-state index contributed by atoms with van der Waals surface area (Å²) >= 11 is 0. The second-order valence-electron chi connectivity index (χ2n) is 3.18. The third-order valence-electron chi connectivity index (χ3n) is 2.02. The number of hydrogen-bond acceptors (Lipinski definition) is 4. The molecule has 1 atom stereocenters. The monoisotopic (exact) mass is 221 g/mol. The molecule has 1 saturated heterocycles. The largest absolute Gasteiger partial charge is 0.481 e. The molecule has 1 aliphatic heterocycles. The highest BCUT2D eigenvalue weighted by Gasteiger charge is 2.17. The highest BCUT2D eigenvalue weighted by molar-refractivity contribution is 8.76. The van der Waals surface area contributed by atoms with E-state index in [9.17, 15) is 4.79 Å². The van der Waals surface area contributed by atoms with Gasteiger partial charge in [0.25, 0.3) is 0 Å². The molecule has 0 bridgehead atoms. The van der Waals surface area contributed by atoms with Gasteiger partial charge in [0, 0.05) is 31.1 Å². The van der Waals surface area contributed by atoms with E-state index in [1.807, 2.05) is 21.6 Å². The lowest BCUT2D eigenvalue weighted by Gasteiger charge is -2.20. The van der Waals surface area contributed by atoms with Gasteiger partial charge in [0.2, 0.25) is 0 Å². The second-order valence-corrected chi connectivity index (χ2v) is 5.89. The van der Waals surface area contributed by atoms with Crippen LogP contribution in [0, 0.1) is 5.92 Å². The number of rotatable bonds is 3. The lowest BCUT2D eigenvalue weighted by Crippen LogP contribution is -2.34. The number of hydrogen-bond donors (Lipinski definition) is 1. The van der Waals surface area contributed by atoms with Gasteiger partial charge in [-0.2, -0.15) is 0 Å². The zero-order chi connectivity index (χ0) is 9.68. The summed E-state index contributed by atoms with van der Waals surface area (Å²) in [5.74, 6) is 1.28. The quantitative estimate of drug-likeness (QED) is 0.730. The fourth-order valence-electron chi connectivity index (χ4n) is 1.21. The van der Waals surface area contributed by atoms with Crippen molar-refractivity contribution in [1.29, 1.82) is 0 Å². The van der Waals surface area contributed by atoms with Crippen LogP contribution in [0.3, 0.4) is 0 Å². The van der Waals surface area contributed by atoms with Crippen LogP contribution in [-0.4, -0.2) is 47.1 Å². The van der Waals surface area contributed by atoms with E-state index in [0.717, 1.165) is 24.6 Å². The molecule has 13 heavy (non-hydrogen) atoms. The smallest absolute Gasteiger partial charge is 0.307 e. The minimum Gasteiger partial charge on any atom is -0.481 e. The molecule has 0 amide bonds. The van der Waals surface area contributed by atoms with Crippen LogP contribution in [0.2, 0.25) is 0 Å². The van der Waals surface area contributed by atoms with Crippen LogP contribution >= 0.6 is 21.6 Å². The first kappa shape index (κ1) is 11.2. The lowest BCUT2D eigenvalue weighted by molar-refractivity contribution is -0.141. The zero-order valence-corrected chi connectivity index (χ0v) is 9.37. The van der Waals surface area contributed by atoms with Crippen LogP contribution in [0.5, 0.6) is 0 Å². The fraction of sp³-hybridized carbons (Fsp3) is 0.875. The van der Waals surface area contributed by atoms with Gasteiger partial charge in [0.15, 0.2) is 0 Å². The van der Waals surface area contributed by atoms with Gasteiger partial charge in [0.05, 0.1) is 5.92 Å². The minimum atomic E-state index is -0.690. The third-order valence-corrected chi connectivity index (χ3v) is 4.38. The molecule has 0 spiro atoms. The Hall–Kier alpha value is 0.130. The number of carboxylic acid groups (broad SMARTS) is 1. The molecule has 1 rings (SSSR count). The summed E-state index contributed by atoms with van der Waals surface area (Å²) in [5.41, 5.74) is 0. The summed E-state index contributed by atoms with van der Waals surface area (Å²) in [6, 6.07) is 0. The van der Waals surface area contributed by atoms with Crippen molar-refractivity contribution in [3.05, 3.63) is 0 Å². The van der Waals surface area contributed by atoms with Gasteiger partial charge in [-0.3, -0.25) is 4.79 Å². The number of nitrogens with zero attached hydrogens (tertiary/aromatic N) is 1. The molecule has 0 radical (unpaired) electrons. The average molecular weight is 221 g/mol. The summed E-state index contributed by atoms with van der Waals surface area (Å²) < 4.78 is 0. The van der Waals surface area contributed by atoms with Crippen molar-refractivity contribution in [2.45, 2.75) is 6.92 Å². The van der Waals surface area contributed by atoms with Gasteiger partial charge in [-0.1, -0.05) is 28.5 Å². The summed E-state index contributed by atoms with van der Waals surface area (Å²) in [4.78, 5) is 12.9. The standard InChI is InChI=1S/C8H15NO2S2/c1-7(8(10)11)6-9-2-4-12-13-5-3-9/h7H,2-6H2,1H3,(H,10,11). The molecule has 1 fully saturated rings. The highest BCUT2D eigenvalue weighted by Crippen LogP contribution is 2.24.